The maximum Gasteiger partial charge on any atom is 0.228 e. The lowest BCUT2D eigenvalue weighted by Gasteiger charge is -2.14. The summed E-state index contributed by atoms with van der Waals surface area (Å²) in [4.78, 5) is 4.45. The van der Waals surface area contributed by atoms with Crippen molar-refractivity contribution in [2.45, 2.75) is 57.9 Å². The SMILES string of the molecule is CC1CCC(c2noc(CC(C)(C)N)n2)C1. The Kier molecular flexibility index (Phi) is 3.02. The summed E-state index contributed by atoms with van der Waals surface area (Å²) in [6.45, 7) is 6.22. The summed E-state index contributed by atoms with van der Waals surface area (Å²) in [7, 11) is 0. The van der Waals surface area contributed by atoms with Crippen molar-refractivity contribution in [2.24, 2.45) is 11.7 Å². The van der Waals surface area contributed by atoms with Crippen LogP contribution in [0, 0.1) is 5.92 Å². The van der Waals surface area contributed by atoms with E-state index in [1.807, 2.05) is 13.8 Å². The van der Waals surface area contributed by atoms with E-state index in [1.54, 1.807) is 0 Å². The molecule has 0 aliphatic heterocycles. The molecule has 4 heteroatoms. The monoisotopic (exact) mass is 223 g/mol. The number of nitrogens with zero attached hydrogens (tertiary/aromatic N) is 2. The minimum Gasteiger partial charge on any atom is -0.339 e. The van der Waals surface area contributed by atoms with Gasteiger partial charge >= 0.3 is 0 Å². The van der Waals surface area contributed by atoms with Gasteiger partial charge in [-0.3, -0.25) is 0 Å². The largest absolute Gasteiger partial charge is 0.339 e. The molecule has 0 bridgehead atoms. The van der Waals surface area contributed by atoms with Gasteiger partial charge in [-0.2, -0.15) is 4.98 Å². The van der Waals surface area contributed by atoms with Gasteiger partial charge in [-0.05, 0) is 39.0 Å². The number of aromatic nitrogens is 2. The first kappa shape index (κ1) is 11.6. The minimum atomic E-state index is -0.285. The summed E-state index contributed by atoms with van der Waals surface area (Å²) in [6.07, 6.45) is 4.29. The van der Waals surface area contributed by atoms with Gasteiger partial charge in [0.25, 0.3) is 0 Å². The first-order valence-electron chi connectivity index (χ1n) is 6.05. The molecule has 1 saturated carbocycles. The Morgan fingerprint density at radius 2 is 2.19 bits per heavy atom. The standard InChI is InChI=1S/C12H21N3O/c1-8-4-5-9(6-8)11-14-10(16-15-11)7-12(2,3)13/h8-9H,4-7,13H2,1-3H3. The second-order valence-corrected chi connectivity index (χ2v) is 5.83. The van der Waals surface area contributed by atoms with E-state index in [0.717, 1.165) is 11.7 Å². The highest BCUT2D eigenvalue weighted by Gasteiger charge is 2.27. The van der Waals surface area contributed by atoms with Crippen LogP contribution >= 0.6 is 0 Å². The molecule has 2 rings (SSSR count). The molecule has 1 aliphatic rings. The van der Waals surface area contributed by atoms with Crippen molar-refractivity contribution in [1.82, 2.24) is 10.1 Å². The fraction of sp³-hybridized carbons (Fsp3) is 0.833. The van der Waals surface area contributed by atoms with Crippen LogP contribution in [0.3, 0.4) is 0 Å². The Morgan fingerprint density at radius 3 is 2.75 bits per heavy atom. The number of rotatable bonds is 3. The Balaban J connectivity index is 2.02. The average molecular weight is 223 g/mol. The average Bonchev–Trinajstić information content (AvgIpc) is 2.71. The molecular formula is C12H21N3O. The maximum absolute atomic E-state index is 5.92. The third-order valence-electron chi connectivity index (χ3n) is 3.15. The quantitative estimate of drug-likeness (QED) is 0.853. The first-order valence-corrected chi connectivity index (χ1v) is 6.05. The van der Waals surface area contributed by atoms with Gasteiger partial charge in [0, 0.05) is 17.9 Å². The van der Waals surface area contributed by atoms with Gasteiger partial charge in [-0.1, -0.05) is 12.1 Å². The van der Waals surface area contributed by atoms with E-state index in [9.17, 15) is 0 Å². The number of nitrogens with two attached hydrogens (primary N) is 1. The fourth-order valence-corrected chi connectivity index (χ4v) is 2.34. The predicted octanol–water partition coefficient (Wildman–Crippen LogP) is 2.25. The molecule has 0 spiro atoms. The molecule has 1 aliphatic carbocycles. The molecule has 0 saturated heterocycles. The Morgan fingerprint density at radius 1 is 1.44 bits per heavy atom. The smallest absolute Gasteiger partial charge is 0.228 e. The lowest BCUT2D eigenvalue weighted by molar-refractivity contribution is 0.342. The number of hydrogen-bond acceptors (Lipinski definition) is 4. The van der Waals surface area contributed by atoms with Crippen molar-refractivity contribution in [3.63, 3.8) is 0 Å². The highest BCUT2D eigenvalue weighted by atomic mass is 16.5. The van der Waals surface area contributed by atoms with Gasteiger partial charge in [0.2, 0.25) is 5.89 Å². The minimum absolute atomic E-state index is 0.285. The molecule has 1 aromatic heterocycles. The lowest BCUT2D eigenvalue weighted by atomic mass is 10.0. The molecule has 2 atom stereocenters. The molecule has 16 heavy (non-hydrogen) atoms. The zero-order chi connectivity index (χ0) is 11.8. The van der Waals surface area contributed by atoms with E-state index in [4.69, 9.17) is 10.3 Å². The van der Waals surface area contributed by atoms with Crippen molar-refractivity contribution in [2.75, 3.05) is 0 Å². The van der Waals surface area contributed by atoms with Crippen molar-refractivity contribution >= 4 is 0 Å². The van der Waals surface area contributed by atoms with Crippen LogP contribution in [0.4, 0.5) is 0 Å². The number of hydrogen-bond donors (Lipinski definition) is 1. The summed E-state index contributed by atoms with van der Waals surface area (Å²) in [5, 5.41) is 4.08. The summed E-state index contributed by atoms with van der Waals surface area (Å²) >= 11 is 0. The molecule has 0 radical (unpaired) electrons. The fourth-order valence-electron chi connectivity index (χ4n) is 2.34. The molecular weight excluding hydrogens is 202 g/mol. The lowest BCUT2D eigenvalue weighted by Crippen LogP contribution is -2.34. The van der Waals surface area contributed by atoms with E-state index in [2.05, 4.69) is 17.1 Å². The summed E-state index contributed by atoms with van der Waals surface area (Å²) in [5.74, 6) is 2.83. The molecule has 2 unspecified atom stereocenters. The van der Waals surface area contributed by atoms with Gasteiger partial charge in [0.05, 0.1) is 0 Å². The van der Waals surface area contributed by atoms with Crippen LogP contribution in [0.5, 0.6) is 0 Å². The topological polar surface area (TPSA) is 64.9 Å². The zero-order valence-corrected chi connectivity index (χ0v) is 10.4. The summed E-state index contributed by atoms with van der Waals surface area (Å²) in [6, 6.07) is 0. The van der Waals surface area contributed by atoms with Crippen molar-refractivity contribution in [3.05, 3.63) is 11.7 Å². The van der Waals surface area contributed by atoms with Crippen molar-refractivity contribution in [3.8, 4) is 0 Å². The van der Waals surface area contributed by atoms with Crippen LogP contribution in [0.1, 0.15) is 57.7 Å². The molecule has 0 aromatic carbocycles. The normalized spacial score (nSPS) is 26.2. The molecule has 1 fully saturated rings. The van der Waals surface area contributed by atoms with Gasteiger partial charge in [-0.25, -0.2) is 0 Å². The molecule has 0 amide bonds. The summed E-state index contributed by atoms with van der Waals surface area (Å²) < 4.78 is 5.25. The van der Waals surface area contributed by atoms with Crippen molar-refractivity contribution < 1.29 is 4.52 Å². The van der Waals surface area contributed by atoms with E-state index in [-0.39, 0.29) is 5.54 Å². The van der Waals surface area contributed by atoms with E-state index >= 15 is 0 Å². The van der Waals surface area contributed by atoms with Crippen LogP contribution in [0.15, 0.2) is 4.52 Å². The maximum atomic E-state index is 5.92. The second kappa shape index (κ2) is 4.17. The predicted molar refractivity (Wildman–Crippen MR) is 62.0 cm³/mol. The second-order valence-electron chi connectivity index (χ2n) is 5.83. The van der Waals surface area contributed by atoms with Crippen LogP contribution in [-0.4, -0.2) is 15.7 Å². The third kappa shape index (κ3) is 2.82. The Bertz CT molecular complexity index is 353. The molecule has 1 aromatic rings. The van der Waals surface area contributed by atoms with Gasteiger partial charge in [0.15, 0.2) is 5.82 Å². The zero-order valence-electron chi connectivity index (χ0n) is 10.4. The van der Waals surface area contributed by atoms with Crippen LogP contribution < -0.4 is 5.73 Å². The third-order valence-corrected chi connectivity index (χ3v) is 3.15. The van der Waals surface area contributed by atoms with Crippen LogP contribution in [0.25, 0.3) is 0 Å². The molecule has 1 heterocycles. The summed E-state index contributed by atoms with van der Waals surface area (Å²) in [5.41, 5.74) is 5.64. The van der Waals surface area contributed by atoms with Crippen LogP contribution in [-0.2, 0) is 6.42 Å². The van der Waals surface area contributed by atoms with E-state index in [1.165, 1.54) is 19.3 Å². The van der Waals surface area contributed by atoms with Gasteiger partial charge in [0.1, 0.15) is 0 Å². The molecule has 90 valence electrons. The van der Waals surface area contributed by atoms with E-state index in [0.29, 0.717) is 18.2 Å². The Labute approximate surface area is 96.6 Å². The van der Waals surface area contributed by atoms with Crippen molar-refractivity contribution in [1.29, 1.82) is 0 Å². The van der Waals surface area contributed by atoms with Gasteiger partial charge < -0.3 is 10.3 Å². The highest BCUT2D eigenvalue weighted by Crippen LogP contribution is 2.36. The Hall–Kier alpha value is -0.900. The van der Waals surface area contributed by atoms with Crippen LogP contribution in [0.2, 0.25) is 0 Å². The first-order chi connectivity index (χ1) is 7.44. The molecule has 2 N–H and O–H groups in total. The van der Waals surface area contributed by atoms with E-state index < -0.39 is 0 Å². The van der Waals surface area contributed by atoms with Gasteiger partial charge in [-0.15, -0.1) is 0 Å². The highest BCUT2D eigenvalue weighted by molar-refractivity contribution is 5.00. The molecule has 4 nitrogen and oxygen atoms in total.